The van der Waals surface area contributed by atoms with E-state index < -0.39 is 15.6 Å². The molecule has 2 rings (SSSR count). The molecule has 2 heterocycles. The van der Waals surface area contributed by atoms with Gasteiger partial charge in [-0.1, -0.05) is 0 Å². The average molecular weight is 517 g/mol. The van der Waals surface area contributed by atoms with Gasteiger partial charge in [-0.3, -0.25) is 9.89 Å². The number of nitrogens with one attached hydrogen (secondary N) is 2. The van der Waals surface area contributed by atoms with Crippen molar-refractivity contribution in [1.29, 1.82) is 0 Å². The summed E-state index contributed by atoms with van der Waals surface area (Å²) in [5.41, 5.74) is -0.610. The molecule has 0 radical (unpaired) electrons. The quantitative estimate of drug-likeness (QED) is 0.292. The Labute approximate surface area is 181 Å². The molecule has 0 spiro atoms. The molecule has 1 unspecified atom stereocenters. The maximum absolute atomic E-state index is 11.5. The van der Waals surface area contributed by atoms with Crippen molar-refractivity contribution in [3.05, 3.63) is 0 Å². The number of morpholine rings is 1. The van der Waals surface area contributed by atoms with E-state index in [0.29, 0.717) is 12.5 Å². The Hall–Kier alpha value is -0.170. The molecule has 0 bridgehead atoms. The van der Waals surface area contributed by atoms with E-state index in [1.54, 1.807) is 0 Å². The smallest absolute Gasteiger partial charge is 0.209 e. The fourth-order valence-electron chi connectivity index (χ4n) is 3.56. The fourth-order valence-corrected chi connectivity index (χ4v) is 4.62. The standard InChI is InChI=1S/C17H35N5O3S.HI/c1-5-18-16(19-14-17(2,3)20-26(4,23)24)22-7-6-15(13-22)12-21-8-10-25-11-9-21;/h15,20H,5-14H2,1-4H3,(H,18,19);1H. The molecule has 2 N–H and O–H groups in total. The highest BCUT2D eigenvalue weighted by atomic mass is 127. The van der Waals surface area contributed by atoms with E-state index in [1.165, 1.54) is 6.26 Å². The summed E-state index contributed by atoms with van der Waals surface area (Å²) in [6, 6.07) is 0. The Kier molecular flexibility index (Phi) is 10.2. The van der Waals surface area contributed by atoms with Gasteiger partial charge in [0.25, 0.3) is 0 Å². The van der Waals surface area contributed by atoms with E-state index in [-0.39, 0.29) is 24.0 Å². The minimum atomic E-state index is -3.26. The maximum atomic E-state index is 11.5. The lowest BCUT2D eigenvalue weighted by Gasteiger charge is -2.29. The van der Waals surface area contributed by atoms with Crippen LogP contribution in [0.15, 0.2) is 4.99 Å². The maximum Gasteiger partial charge on any atom is 0.209 e. The van der Waals surface area contributed by atoms with Crippen LogP contribution in [0.1, 0.15) is 27.2 Å². The van der Waals surface area contributed by atoms with Crippen molar-refractivity contribution in [2.24, 2.45) is 10.9 Å². The number of aliphatic imine (C=N–C) groups is 1. The molecule has 0 aliphatic carbocycles. The molecular formula is C17H36IN5O3S. The van der Waals surface area contributed by atoms with E-state index in [0.717, 1.165) is 64.9 Å². The van der Waals surface area contributed by atoms with Crippen molar-refractivity contribution in [2.75, 3.05) is 65.3 Å². The zero-order valence-corrected chi connectivity index (χ0v) is 20.2. The van der Waals surface area contributed by atoms with Gasteiger partial charge >= 0.3 is 0 Å². The zero-order valence-electron chi connectivity index (χ0n) is 17.0. The lowest BCUT2D eigenvalue weighted by molar-refractivity contribution is 0.0315. The van der Waals surface area contributed by atoms with Crippen LogP contribution >= 0.6 is 24.0 Å². The van der Waals surface area contributed by atoms with Crippen LogP contribution in [0, 0.1) is 5.92 Å². The van der Waals surface area contributed by atoms with E-state index in [1.807, 2.05) is 13.8 Å². The molecule has 0 aromatic rings. The normalized spacial score (nSPS) is 22.6. The molecule has 2 aliphatic rings. The lowest BCUT2D eigenvalue weighted by atomic mass is 10.1. The van der Waals surface area contributed by atoms with Crippen LogP contribution in [-0.4, -0.2) is 95.0 Å². The third kappa shape index (κ3) is 9.25. The van der Waals surface area contributed by atoms with Gasteiger partial charge < -0.3 is 15.0 Å². The van der Waals surface area contributed by atoms with Gasteiger partial charge in [-0.25, -0.2) is 13.1 Å². The molecule has 27 heavy (non-hydrogen) atoms. The molecule has 0 aromatic carbocycles. The van der Waals surface area contributed by atoms with Gasteiger partial charge in [0.1, 0.15) is 0 Å². The molecule has 1 atom stereocenters. The topological polar surface area (TPSA) is 86.3 Å². The minimum Gasteiger partial charge on any atom is -0.379 e. The summed E-state index contributed by atoms with van der Waals surface area (Å²) in [5.74, 6) is 1.51. The Bertz CT molecular complexity index is 579. The second-order valence-corrected chi connectivity index (χ2v) is 9.69. The van der Waals surface area contributed by atoms with Gasteiger partial charge in [-0.05, 0) is 33.1 Å². The predicted molar refractivity (Wildman–Crippen MR) is 120 cm³/mol. The van der Waals surface area contributed by atoms with E-state index in [2.05, 4.69) is 26.8 Å². The summed E-state index contributed by atoms with van der Waals surface area (Å²) < 4.78 is 31.1. The molecule has 8 nitrogen and oxygen atoms in total. The van der Waals surface area contributed by atoms with Crippen molar-refractivity contribution < 1.29 is 13.2 Å². The first-order valence-electron chi connectivity index (χ1n) is 9.51. The summed E-state index contributed by atoms with van der Waals surface area (Å²) in [6.45, 7) is 13.8. The summed E-state index contributed by atoms with van der Waals surface area (Å²) in [5, 5.41) is 3.35. The number of nitrogens with zero attached hydrogens (tertiary/aromatic N) is 3. The molecule has 2 saturated heterocycles. The number of likely N-dealkylation sites (tertiary alicyclic amines) is 1. The van der Waals surface area contributed by atoms with Crippen molar-refractivity contribution >= 4 is 40.0 Å². The van der Waals surface area contributed by atoms with Crippen LogP contribution in [0.2, 0.25) is 0 Å². The minimum absolute atomic E-state index is 0. The van der Waals surface area contributed by atoms with Gasteiger partial charge in [-0.2, -0.15) is 0 Å². The first-order valence-corrected chi connectivity index (χ1v) is 11.4. The molecule has 160 valence electrons. The molecule has 10 heteroatoms. The molecule has 0 amide bonds. The number of ether oxygens (including phenoxy) is 1. The van der Waals surface area contributed by atoms with E-state index in [9.17, 15) is 8.42 Å². The second-order valence-electron chi connectivity index (χ2n) is 7.94. The van der Waals surface area contributed by atoms with Crippen LogP contribution in [0.3, 0.4) is 0 Å². The molecule has 2 fully saturated rings. The summed E-state index contributed by atoms with van der Waals surface area (Å²) in [7, 11) is -3.26. The highest BCUT2D eigenvalue weighted by Crippen LogP contribution is 2.18. The number of rotatable bonds is 7. The first kappa shape index (κ1) is 24.9. The number of guanidine groups is 1. The Morgan fingerprint density at radius 2 is 1.93 bits per heavy atom. The van der Waals surface area contributed by atoms with Gasteiger partial charge in [0.05, 0.1) is 26.0 Å². The van der Waals surface area contributed by atoms with Gasteiger partial charge in [0.2, 0.25) is 10.0 Å². The lowest BCUT2D eigenvalue weighted by Crippen LogP contribution is -2.47. The van der Waals surface area contributed by atoms with Crippen LogP contribution in [0.5, 0.6) is 0 Å². The SMILES string of the molecule is CCNC(=NCC(C)(C)NS(C)(=O)=O)N1CCC(CN2CCOCC2)C1.I. The number of hydrogen-bond acceptors (Lipinski definition) is 5. The fraction of sp³-hybridized carbons (Fsp3) is 0.941. The third-order valence-corrected chi connectivity index (χ3v) is 5.55. The van der Waals surface area contributed by atoms with E-state index >= 15 is 0 Å². The number of halogens is 1. The van der Waals surface area contributed by atoms with Gasteiger partial charge in [-0.15, -0.1) is 24.0 Å². The number of hydrogen-bond donors (Lipinski definition) is 2. The Morgan fingerprint density at radius 1 is 1.26 bits per heavy atom. The largest absolute Gasteiger partial charge is 0.379 e. The van der Waals surface area contributed by atoms with Crippen LogP contribution in [0.25, 0.3) is 0 Å². The highest BCUT2D eigenvalue weighted by Gasteiger charge is 2.28. The van der Waals surface area contributed by atoms with Crippen molar-refractivity contribution in [1.82, 2.24) is 19.8 Å². The Morgan fingerprint density at radius 3 is 2.52 bits per heavy atom. The van der Waals surface area contributed by atoms with Gasteiger partial charge in [0.15, 0.2) is 5.96 Å². The summed E-state index contributed by atoms with van der Waals surface area (Å²) in [6.07, 6.45) is 2.34. The summed E-state index contributed by atoms with van der Waals surface area (Å²) >= 11 is 0. The average Bonchev–Trinajstić information content (AvgIpc) is 2.98. The predicted octanol–water partition coefficient (Wildman–Crippen LogP) is 0.552. The van der Waals surface area contributed by atoms with Crippen LogP contribution in [0.4, 0.5) is 0 Å². The Balaban J connectivity index is 0.00000364. The van der Waals surface area contributed by atoms with Crippen molar-refractivity contribution in [3.8, 4) is 0 Å². The van der Waals surface area contributed by atoms with E-state index in [4.69, 9.17) is 9.73 Å². The van der Waals surface area contributed by atoms with Crippen molar-refractivity contribution in [3.63, 3.8) is 0 Å². The molecular weight excluding hydrogens is 481 g/mol. The monoisotopic (exact) mass is 517 g/mol. The van der Waals surface area contributed by atoms with Crippen LogP contribution < -0.4 is 10.0 Å². The first-order chi connectivity index (χ1) is 12.2. The second kappa shape index (κ2) is 11.1. The zero-order chi connectivity index (χ0) is 19.2. The third-order valence-electron chi connectivity index (χ3n) is 4.63. The number of sulfonamides is 1. The molecule has 0 aromatic heterocycles. The van der Waals surface area contributed by atoms with Crippen LogP contribution in [-0.2, 0) is 14.8 Å². The van der Waals surface area contributed by atoms with Crippen molar-refractivity contribution in [2.45, 2.75) is 32.7 Å². The summed E-state index contributed by atoms with van der Waals surface area (Å²) in [4.78, 5) is 9.49. The van der Waals surface area contributed by atoms with Gasteiger partial charge in [0, 0.05) is 44.8 Å². The molecule has 2 aliphatic heterocycles. The highest BCUT2D eigenvalue weighted by molar-refractivity contribution is 14.0. The molecule has 0 saturated carbocycles.